The molecule has 2 rings (SSSR count). The van der Waals surface area contributed by atoms with E-state index < -0.39 is 18.7 Å². The Morgan fingerprint density at radius 1 is 1.39 bits per heavy atom. The fraction of sp³-hybridized carbons (Fsp3) is 0.467. The third-order valence-electron chi connectivity index (χ3n) is 3.54. The minimum Gasteiger partial charge on any atom is -0.435 e. The Labute approximate surface area is 132 Å². The number of piperidine rings is 1. The summed E-state index contributed by atoms with van der Waals surface area (Å²) in [5, 5.41) is 2.63. The minimum absolute atomic E-state index is 0.0232. The summed E-state index contributed by atoms with van der Waals surface area (Å²) in [6.07, 6.45) is 1.26. The van der Waals surface area contributed by atoms with Crippen LogP contribution in [0.2, 0.25) is 0 Å². The molecule has 0 spiro atoms. The van der Waals surface area contributed by atoms with Crippen molar-refractivity contribution in [3.8, 4) is 5.75 Å². The van der Waals surface area contributed by atoms with E-state index in [4.69, 9.17) is 5.73 Å². The van der Waals surface area contributed by atoms with Gasteiger partial charge in [0.1, 0.15) is 11.8 Å². The predicted molar refractivity (Wildman–Crippen MR) is 80.2 cm³/mol. The van der Waals surface area contributed by atoms with Crippen LogP contribution in [0.15, 0.2) is 24.3 Å². The Morgan fingerprint density at radius 3 is 2.61 bits per heavy atom. The molecule has 1 fully saturated rings. The molecule has 2 amide bonds. The third-order valence-corrected chi connectivity index (χ3v) is 3.54. The molecular formula is C15H19F2N3O3. The van der Waals surface area contributed by atoms with Gasteiger partial charge in [-0.05, 0) is 44.0 Å². The molecule has 6 nitrogen and oxygen atoms in total. The lowest BCUT2D eigenvalue weighted by Gasteiger charge is -2.33. The van der Waals surface area contributed by atoms with E-state index in [2.05, 4.69) is 10.1 Å². The Hall–Kier alpha value is -2.22. The monoisotopic (exact) mass is 327 g/mol. The maximum Gasteiger partial charge on any atom is 0.387 e. The molecule has 1 heterocycles. The normalized spacial score (nSPS) is 19.6. The number of nitrogens with one attached hydrogen (secondary N) is 1. The molecule has 1 aromatic carbocycles. The maximum atomic E-state index is 12.5. The van der Waals surface area contributed by atoms with Crippen molar-refractivity contribution in [1.82, 2.24) is 5.32 Å². The lowest BCUT2D eigenvalue weighted by atomic mass is 10.0. The quantitative estimate of drug-likeness (QED) is 0.852. The number of nitrogens with zero attached hydrogens (tertiary/aromatic N) is 1. The van der Waals surface area contributed by atoms with Gasteiger partial charge in [0.05, 0.1) is 6.04 Å². The molecule has 0 radical (unpaired) electrons. The Bertz CT molecular complexity index is 564. The second kappa shape index (κ2) is 7.36. The lowest BCUT2D eigenvalue weighted by molar-refractivity contribution is -0.128. The zero-order valence-electron chi connectivity index (χ0n) is 12.7. The number of amides is 2. The fourth-order valence-electron chi connectivity index (χ4n) is 2.38. The minimum atomic E-state index is -2.89. The number of carbonyl (C=O) groups excluding carboxylic acids is 2. The molecule has 1 unspecified atom stereocenters. The first-order chi connectivity index (χ1) is 10.9. The molecule has 1 aromatic rings. The van der Waals surface area contributed by atoms with E-state index in [1.807, 2.05) is 0 Å². The molecule has 0 aromatic heterocycles. The van der Waals surface area contributed by atoms with Crippen LogP contribution in [0.4, 0.5) is 14.5 Å². The number of alkyl halides is 2. The number of halogens is 2. The van der Waals surface area contributed by atoms with Crippen LogP contribution in [-0.4, -0.2) is 37.1 Å². The van der Waals surface area contributed by atoms with E-state index in [-0.39, 0.29) is 17.6 Å². The van der Waals surface area contributed by atoms with Crippen LogP contribution < -0.4 is 20.7 Å². The van der Waals surface area contributed by atoms with Gasteiger partial charge in [-0.25, -0.2) is 0 Å². The van der Waals surface area contributed by atoms with Crippen molar-refractivity contribution in [3.05, 3.63) is 24.3 Å². The largest absolute Gasteiger partial charge is 0.435 e. The number of hydrogen-bond acceptors (Lipinski definition) is 4. The van der Waals surface area contributed by atoms with Crippen LogP contribution in [0.25, 0.3) is 0 Å². The predicted octanol–water partition coefficient (Wildman–Crippen LogP) is 1.25. The van der Waals surface area contributed by atoms with Crippen LogP contribution in [0, 0.1) is 0 Å². The molecule has 1 saturated heterocycles. The molecule has 3 N–H and O–H groups in total. The van der Waals surface area contributed by atoms with Crippen LogP contribution in [0.3, 0.4) is 0 Å². The molecule has 0 aliphatic carbocycles. The number of ether oxygens (including phenoxy) is 1. The first-order valence-corrected chi connectivity index (χ1v) is 7.30. The van der Waals surface area contributed by atoms with Gasteiger partial charge in [0.25, 0.3) is 0 Å². The average Bonchev–Trinajstić information content (AvgIpc) is 2.49. The Balaban J connectivity index is 2.07. The van der Waals surface area contributed by atoms with Crippen molar-refractivity contribution in [3.63, 3.8) is 0 Å². The van der Waals surface area contributed by atoms with Crippen molar-refractivity contribution in [1.29, 1.82) is 0 Å². The van der Waals surface area contributed by atoms with Gasteiger partial charge < -0.3 is 20.7 Å². The van der Waals surface area contributed by atoms with Crippen LogP contribution in [0.5, 0.6) is 5.75 Å². The Kier molecular flexibility index (Phi) is 5.49. The smallest absolute Gasteiger partial charge is 0.387 e. The van der Waals surface area contributed by atoms with Crippen LogP contribution in [-0.2, 0) is 9.59 Å². The van der Waals surface area contributed by atoms with Crippen LogP contribution >= 0.6 is 0 Å². The van der Waals surface area contributed by atoms with Crippen molar-refractivity contribution in [2.45, 2.75) is 38.5 Å². The summed E-state index contributed by atoms with van der Waals surface area (Å²) in [6, 6.07) is 4.50. The number of anilines is 1. The summed E-state index contributed by atoms with van der Waals surface area (Å²) in [5.41, 5.74) is 6.05. The summed E-state index contributed by atoms with van der Waals surface area (Å²) in [7, 11) is 0. The highest BCUT2D eigenvalue weighted by atomic mass is 19.3. The van der Waals surface area contributed by atoms with Gasteiger partial charge in [-0.2, -0.15) is 8.78 Å². The van der Waals surface area contributed by atoms with Crippen molar-refractivity contribution < 1.29 is 23.1 Å². The van der Waals surface area contributed by atoms with E-state index >= 15 is 0 Å². The highest BCUT2D eigenvalue weighted by Crippen LogP contribution is 2.24. The SMILES string of the molecule is C[C@@H](N)C(=O)NC1CCCN(c2ccc(OC(F)F)cc2)C1=O. The van der Waals surface area contributed by atoms with E-state index in [0.717, 1.165) is 0 Å². The van der Waals surface area contributed by atoms with E-state index in [9.17, 15) is 18.4 Å². The molecule has 0 bridgehead atoms. The summed E-state index contributed by atoms with van der Waals surface area (Å²) in [5.74, 6) is -0.603. The van der Waals surface area contributed by atoms with Gasteiger partial charge in [-0.15, -0.1) is 0 Å². The van der Waals surface area contributed by atoms with Crippen molar-refractivity contribution in [2.24, 2.45) is 5.73 Å². The molecule has 1 aliphatic heterocycles. The maximum absolute atomic E-state index is 12.5. The summed E-state index contributed by atoms with van der Waals surface area (Å²) in [4.78, 5) is 25.6. The van der Waals surface area contributed by atoms with Gasteiger partial charge >= 0.3 is 6.61 Å². The van der Waals surface area contributed by atoms with E-state index in [1.165, 1.54) is 29.2 Å². The van der Waals surface area contributed by atoms with Crippen molar-refractivity contribution >= 4 is 17.5 Å². The van der Waals surface area contributed by atoms with E-state index in [0.29, 0.717) is 25.1 Å². The van der Waals surface area contributed by atoms with Gasteiger partial charge in [0, 0.05) is 12.2 Å². The zero-order chi connectivity index (χ0) is 17.0. The second-order valence-corrected chi connectivity index (χ2v) is 5.35. The zero-order valence-corrected chi connectivity index (χ0v) is 12.7. The summed E-state index contributed by atoms with van der Waals surface area (Å²) < 4.78 is 28.6. The molecule has 8 heteroatoms. The number of carbonyl (C=O) groups is 2. The molecule has 1 aliphatic rings. The molecule has 23 heavy (non-hydrogen) atoms. The molecule has 126 valence electrons. The highest BCUT2D eigenvalue weighted by molar-refractivity contribution is 6.00. The molecule has 0 saturated carbocycles. The summed E-state index contributed by atoms with van der Waals surface area (Å²) >= 11 is 0. The van der Waals surface area contributed by atoms with Gasteiger partial charge in [0.2, 0.25) is 11.8 Å². The first-order valence-electron chi connectivity index (χ1n) is 7.30. The number of benzene rings is 1. The van der Waals surface area contributed by atoms with Crippen molar-refractivity contribution in [2.75, 3.05) is 11.4 Å². The molecular weight excluding hydrogens is 308 g/mol. The second-order valence-electron chi connectivity index (χ2n) is 5.35. The topological polar surface area (TPSA) is 84.7 Å². The number of hydrogen-bond donors (Lipinski definition) is 2. The first kappa shape index (κ1) is 17.1. The lowest BCUT2D eigenvalue weighted by Crippen LogP contribution is -2.55. The standard InChI is InChI=1S/C15H19F2N3O3/c1-9(18)13(21)19-12-3-2-8-20(14(12)22)10-4-6-11(7-5-10)23-15(16)17/h4-7,9,12,15H,2-3,8,18H2,1H3,(H,19,21)/t9-,12?/m1/s1. The fourth-order valence-corrected chi connectivity index (χ4v) is 2.38. The Morgan fingerprint density at radius 2 is 2.04 bits per heavy atom. The highest BCUT2D eigenvalue weighted by Gasteiger charge is 2.31. The van der Waals surface area contributed by atoms with Crippen LogP contribution in [0.1, 0.15) is 19.8 Å². The molecule has 2 atom stereocenters. The van der Waals surface area contributed by atoms with Gasteiger partial charge in [0.15, 0.2) is 0 Å². The number of nitrogens with two attached hydrogens (primary N) is 1. The average molecular weight is 327 g/mol. The third kappa shape index (κ3) is 4.38. The van der Waals surface area contributed by atoms with E-state index in [1.54, 1.807) is 6.92 Å². The number of rotatable bonds is 5. The van der Waals surface area contributed by atoms with Gasteiger partial charge in [-0.3, -0.25) is 9.59 Å². The summed E-state index contributed by atoms with van der Waals surface area (Å²) in [6.45, 7) is -0.851. The van der Waals surface area contributed by atoms with Gasteiger partial charge in [-0.1, -0.05) is 0 Å².